The number of fused-ring (bicyclic) bond motifs is 1. The monoisotopic (exact) mass is 434 g/mol. The fraction of sp³-hybridized carbons (Fsp3) is 0.318. The second kappa shape index (κ2) is 8.41. The third-order valence-corrected chi connectivity index (χ3v) is 5.00. The van der Waals surface area contributed by atoms with Gasteiger partial charge in [0.05, 0.1) is 16.8 Å². The van der Waals surface area contributed by atoms with Crippen molar-refractivity contribution in [1.29, 1.82) is 0 Å². The van der Waals surface area contributed by atoms with Crippen molar-refractivity contribution in [1.82, 2.24) is 5.16 Å². The van der Waals surface area contributed by atoms with Crippen molar-refractivity contribution >= 4 is 28.1 Å². The smallest absolute Gasteiger partial charge is 0.400 e. The summed E-state index contributed by atoms with van der Waals surface area (Å²) in [5.74, 6) is -3.82. The van der Waals surface area contributed by atoms with Crippen molar-refractivity contribution in [3.8, 4) is 5.75 Å². The first-order valence-corrected chi connectivity index (χ1v) is 9.65. The molecule has 0 spiro atoms. The Morgan fingerprint density at radius 3 is 2.48 bits per heavy atom. The van der Waals surface area contributed by atoms with E-state index >= 15 is 0 Å². The number of halogens is 3. The highest BCUT2D eigenvalue weighted by molar-refractivity contribution is 6.05. The van der Waals surface area contributed by atoms with E-state index in [9.17, 15) is 27.9 Å². The SMILES string of the molecule is CCCC(C(=O)N(c1ccc2c(=O)onc(C)c2c1)c1ccc(C)cc1O)C(F)(F)F. The Kier molecular flexibility index (Phi) is 6.06. The van der Waals surface area contributed by atoms with Gasteiger partial charge in [-0.1, -0.05) is 24.6 Å². The Bertz CT molecular complexity index is 1190. The van der Waals surface area contributed by atoms with Crippen LogP contribution in [0.15, 0.2) is 45.7 Å². The molecule has 3 rings (SSSR count). The average molecular weight is 434 g/mol. The van der Waals surface area contributed by atoms with Crippen molar-refractivity contribution in [3.05, 3.63) is 58.1 Å². The van der Waals surface area contributed by atoms with E-state index in [1.807, 2.05) is 0 Å². The van der Waals surface area contributed by atoms with Crippen LogP contribution in [0.5, 0.6) is 5.75 Å². The molecule has 1 N–H and O–H groups in total. The van der Waals surface area contributed by atoms with Gasteiger partial charge in [-0.05, 0) is 56.2 Å². The molecular formula is C22H21F3N2O4. The van der Waals surface area contributed by atoms with Crippen LogP contribution >= 0.6 is 0 Å². The molecule has 2 aromatic carbocycles. The highest BCUT2D eigenvalue weighted by atomic mass is 19.4. The Morgan fingerprint density at radius 2 is 1.87 bits per heavy atom. The number of hydrogen-bond donors (Lipinski definition) is 1. The van der Waals surface area contributed by atoms with Crippen LogP contribution in [0.25, 0.3) is 10.8 Å². The molecule has 31 heavy (non-hydrogen) atoms. The number of phenols is 1. The van der Waals surface area contributed by atoms with Crippen molar-refractivity contribution in [3.63, 3.8) is 0 Å². The second-order valence-corrected chi connectivity index (χ2v) is 7.33. The molecule has 0 saturated heterocycles. The number of hydrogen-bond acceptors (Lipinski definition) is 5. The van der Waals surface area contributed by atoms with Crippen LogP contribution < -0.4 is 10.5 Å². The number of carbonyl (C=O) groups excluding carboxylic acids is 1. The number of alkyl halides is 3. The topological polar surface area (TPSA) is 83.6 Å². The molecule has 0 aliphatic carbocycles. The minimum atomic E-state index is -4.76. The van der Waals surface area contributed by atoms with Gasteiger partial charge in [0.1, 0.15) is 11.7 Å². The van der Waals surface area contributed by atoms with E-state index in [4.69, 9.17) is 0 Å². The maximum atomic E-state index is 13.7. The number of benzene rings is 2. The minimum Gasteiger partial charge on any atom is -0.506 e. The van der Waals surface area contributed by atoms with Crippen LogP contribution in [0.2, 0.25) is 0 Å². The van der Waals surface area contributed by atoms with Gasteiger partial charge in [0.15, 0.2) is 0 Å². The lowest BCUT2D eigenvalue weighted by Crippen LogP contribution is -2.40. The molecule has 0 fully saturated rings. The molecule has 6 nitrogen and oxygen atoms in total. The van der Waals surface area contributed by atoms with Crippen LogP contribution in [0.1, 0.15) is 31.0 Å². The zero-order chi connectivity index (χ0) is 22.9. The lowest BCUT2D eigenvalue weighted by Gasteiger charge is -2.29. The van der Waals surface area contributed by atoms with Gasteiger partial charge < -0.3 is 9.63 Å². The molecule has 0 saturated carbocycles. The van der Waals surface area contributed by atoms with Gasteiger partial charge in [-0.15, -0.1) is 0 Å². The number of amides is 1. The van der Waals surface area contributed by atoms with E-state index in [2.05, 4.69) is 9.68 Å². The van der Waals surface area contributed by atoms with E-state index in [1.54, 1.807) is 26.8 Å². The molecule has 1 unspecified atom stereocenters. The Balaban J connectivity index is 2.26. The molecule has 0 aliphatic heterocycles. The van der Waals surface area contributed by atoms with Crippen LogP contribution in [0, 0.1) is 19.8 Å². The summed E-state index contributed by atoms with van der Waals surface area (Å²) < 4.78 is 45.8. The molecule has 1 atom stereocenters. The first kappa shape index (κ1) is 22.3. The summed E-state index contributed by atoms with van der Waals surface area (Å²) in [6, 6.07) is 8.43. The van der Waals surface area contributed by atoms with Crippen LogP contribution in [-0.2, 0) is 4.79 Å². The first-order valence-electron chi connectivity index (χ1n) is 9.65. The summed E-state index contributed by atoms with van der Waals surface area (Å²) in [5, 5.41) is 14.6. The quantitative estimate of drug-likeness (QED) is 0.600. The van der Waals surface area contributed by atoms with Crippen LogP contribution in [0.3, 0.4) is 0 Å². The van der Waals surface area contributed by atoms with Gasteiger partial charge in [0, 0.05) is 11.1 Å². The number of aromatic hydroxyl groups is 1. The standard InChI is InChI=1S/C22H21F3N2O4/c1-4-5-17(22(23,24)25)20(29)27(18-9-6-12(2)10-19(18)28)14-7-8-15-16(11-14)13(3)26-31-21(15)30/h6-11,17,28H,4-5H2,1-3H3. The number of aryl methyl sites for hydroxylation is 2. The van der Waals surface area contributed by atoms with E-state index in [1.165, 1.54) is 30.3 Å². The molecule has 9 heteroatoms. The highest BCUT2D eigenvalue weighted by Crippen LogP contribution is 2.40. The lowest BCUT2D eigenvalue weighted by molar-refractivity contribution is -0.182. The van der Waals surface area contributed by atoms with Crippen LogP contribution in [0.4, 0.5) is 24.5 Å². The summed E-state index contributed by atoms with van der Waals surface area (Å²) in [4.78, 5) is 26.0. The largest absolute Gasteiger partial charge is 0.506 e. The minimum absolute atomic E-state index is 0.0671. The summed E-state index contributed by atoms with van der Waals surface area (Å²) in [6.07, 6.45) is -5.02. The van der Waals surface area contributed by atoms with Crippen molar-refractivity contribution in [2.75, 3.05) is 4.90 Å². The normalized spacial score (nSPS) is 12.7. The van der Waals surface area contributed by atoms with Gasteiger partial charge in [-0.3, -0.25) is 9.69 Å². The number of nitrogens with zero attached hydrogens (tertiary/aromatic N) is 2. The van der Waals surface area contributed by atoms with Gasteiger partial charge >= 0.3 is 11.8 Å². The van der Waals surface area contributed by atoms with Crippen molar-refractivity contribution in [2.45, 2.75) is 39.8 Å². The fourth-order valence-corrected chi connectivity index (χ4v) is 3.44. The first-order chi connectivity index (χ1) is 14.5. The number of aromatic nitrogens is 1. The van der Waals surface area contributed by atoms with Gasteiger partial charge in [0.2, 0.25) is 5.91 Å². The van der Waals surface area contributed by atoms with Gasteiger partial charge in [-0.25, -0.2) is 4.79 Å². The molecule has 0 radical (unpaired) electrons. The third kappa shape index (κ3) is 4.40. The molecular weight excluding hydrogens is 413 g/mol. The lowest BCUT2D eigenvalue weighted by atomic mass is 9.99. The predicted molar refractivity (Wildman–Crippen MR) is 109 cm³/mol. The summed E-state index contributed by atoms with van der Waals surface area (Å²) >= 11 is 0. The summed E-state index contributed by atoms with van der Waals surface area (Å²) in [5.41, 5.74) is 0.275. The number of phenolic OH excluding ortho intramolecular Hbond substituents is 1. The van der Waals surface area contributed by atoms with Gasteiger partial charge in [0.25, 0.3) is 0 Å². The number of carbonyl (C=O) groups is 1. The van der Waals surface area contributed by atoms with Crippen LogP contribution in [-0.4, -0.2) is 22.3 Å². The van der Waals surface area contributed by atoms with E-state index in [0.29, 0.717) is 16.6 Å². The zero-order valence-electron chi connectivity index (χ0n) is 17.2. The molecule has 0 aliphatic rings. The molecule has 1 aromatic heterocycles. The van der Waals surface area contributed by atoms with Crippen molar-refractivity contribution < 1.29 is 27.6 Å². The summed E-state index contributed by atoms with van der Waals surface area (Å²) in [6.45, 7) is 4.83. The van der Waals surface area contributed by atoms with Gasteiger partial charge in [-0.2, -0.15) is 13.2 Å². The Hall–Kier alpha value is -3.36. The maximum Gasteiger partial charge on any atom is 0.400 e. The Morgan fingerprint density at radius 1 is 1.16 bits per heavy atom. The molecule has 1 amide bonds. The number of rotatable bonds is 5. The molecule has 0 bridgehead atoms. The Labute approximate surface area is 175 Å². The molecule has 3 aromatic rings. The third-order valence-electron chi connectivity index (χ3n) is 5.00. The molecule has 164 valence electrons. The predicted octanol–water partition coefficient (Wildman–Crippen LogP) is 5.15. The van der Waals surface area contributed by atoms with E-state index < -0.39 is 30.0 Å². The number of anilines is 2. The maximum absolute atomic E-state index is 13.7. The molecule has 1 heterocycles. The van der Waals surface area contributed by atoms with E-state index in [0.717, 1.165) is 4.90 Å². The van der Waals surface area contributed by atoms with Crippen molar-refractivity contribution in [2.24, 2.45) is 5.92 Å². The second-order valence-electron chi connectivity index (χ2n) is 7.33. The highest BCUT2D eigenvalue weighted by Gasteiger charge is 2.46. The fourth-order valence-electron chi connectivity index (χ4n) is 3.44. The zero-order valence-corrected chi connectivity index (χ0v) is 17.2. The summed E-state index contributed by atoms with van der Waals surface area (Å²) in [7, 11) is 0. The average Bonchev–Trinajstić information content (AvgIpc) is 2.70. The van der Waals surface area contributed by atoms with E-state index in [-0.39, 0.29) is 28.9 Å².